The van der Waals surface area contributed by atoms with Crippen LogP contribution in [0.25, 0.3) is 0 Å². The van der Waals surface area contributed by atoms with E-state index in [1.165, 1.54) is 5.56 Å². The molecule has 1 heterocycles. The van der Waals surface area contributed by atoms with Crippen molar-refractivity contribution in [2.24, 2.45) is 0 Å². The number of anilines is 1. The molecule has 3 rings (SSSR count). The van der Waals surface area contributed by atoms with Crippen LogP contribution >= 0.6 is 0 Å². The molecule has 2 aromatic rings. The van der Waals surface area contributed by atoms with E-state index in [0.717, 1.165) is 12.1 Å². The largest absolute Gasteiger partial charge is 0.324 e. The van der Waals surface area contributed by atoms with Crippen LogP contribution < -0.4 is 10.4 Å². The SMILES string of the molecule is CN(C)Cc1ccc(CN2CCN(c3cccc(C(=O)NO)c3)C2=O)cc1. The lowest BCUT2D eigenvalue weighted by Crippen LogP contribution is -2.31. The molecule has 0 radical (unpaired) electrons. The highest BCUT2D eigenvalue weighted by Gasteiger charge is 2.29. The zero-order valence-electron chi connectivity index (χ0n) is 15.6. The first-order valence-corrected chi connectivity index (χ1v) is 8.81. The van der Waals surface area contributed by atoms with Crippen molar-refractivity contribution in [2.75, 3.05) is 32.1 Å². The van der Waals surface area contributed by atoms with E-state index in [4.69, 9.17) is 5.21 Å². The Morgan fingerprint density at radius 1 is 1.11 bits per heavy atom. The summed E-state index contributed by atoms with van der Waals surface area (Å²) in [6.07, 6.45) is 0. The van der Waals surface area contributed by atoms with E-state index in [-0.39, 0.29) is 6.03 Å². The van der Waals surface area contributed by atoms with Crippen LogP contribution in [-0.2, 0) is 13.1 Å². The summed E-state index contributed by atoms with van der Waals surface area (Å²) in [6, 6.07) is 14.9. The number of carbonyl (C=O) groups excluding carboxylic acids is 2. The molecule has 0 saturated carbocycles. The maximum atomic E-state index is 12.8. The second-order valence-corrected chi connectivity index (χ2v) is 6.90. The fourth-order valence-corrected chi connectivity index (χ4v) is 3.18. The third-order valence-corrected chi connectivity index (χ3v) is 4.51. The van der Waals surface area contributed by atoms with Gasteiger partial charge in [-0.25, -0.2) is 10.3 Å². The number of urea groups is 1. The first kappa shape index (κ1) is 18.9. The highest BCUT2D eigenvalue weighted by Crippen LogP contribution is 2.23. The van der Waals surface area contributed by atoms with Crippen molar-refractivity contribution in [3.63, 3.8) is 0 Å². The summed E-state index contributed by atoms with van der Waals surface area (Å²) in [6.45, 7) is 2.61. The Hall–Kier alpha value is -2.90. The zero-order chi connectivity index (χ0) is 19.4. The van der Waals surface area contributed by atoms with E-state index in [9.17, 15) is 9.59 Å². The number of nitrogens with one attached hydrogen (secondary N) is 1. The summed E-state index contributed by atoms with van der Waals surface area (Å²) in [4.78, 5) is 29.9. The molecule has 1 aliphatic rings. The first-order valence-electron chi connectivity index (χ1n) is 8.81. The first-order chi connectivity index (χ1) is 13.0. The van der Waals surface area contributed by atoms with E-state index in [2.05, 4.69) is 29.2 Å². The molecule has 0 unspecified atom stereocenters. The number of hydrogen-bond acceptors (Lipinski definition) is 4. The zero-order valence-corrected chi connectivity index (χ0v) is 15.6. The third-order valence-electron chi connectivity index (χ3n) is 4.51. The molecule has 0 bridgehead atoms. The summed E-state index contributed by atoms with van der Waals surface area (Å²) in [5.74, 6) is -0.599. The molecule has 2 aromatic carbocycles. The normalized spacial score (nSPS) is 14.1. The molecule has 142 valence electrons. The molecule has 1 fully saturated rings. The van der Waals surface area contributed by atoms with E-state index >= 15 is 0 Å². The number of amides is 3. The molecule has 1 saturated heterocycles. The molecular formula is C20H24N4O3. The molecule has 0 aromatic heterocycles. The minimum atomic E-state index is -0.599. The summed E-state index contributed by atoms with van der Waals surface area (Å²) in [5.41, 5.74) is 4.88. The third kappa shape index (κ3) is 4.45. The van der Waals surface area contributed by atoms with Gasteiger partial charge in [-0.15, -0.1) is 0 Å². The van der Waals surface area contributed by atoms with Crippen LogP contribution in [0, 0.1) is 0 Å². The molecule has 0 atom stereocenters. The highest BCUT2D eigenvalue weighted by molar-refractivity contribution is 5.98. The minimum Gasteiger partial charge on any atom is -0.318 e. The topological polar surface area (TPSA) is 76.1 Å². The molecule has 0 aliphatic carbocycles. The molecule has 2 N–H and O–H groups in total. The van der Waals surface area contributed by atoms with Gasteiger partial charge in [0, 0.05) is 37.4 Å². The molecule has 3 amide bonds. The van der Waals surface area contributed by atoms with Gasteiger partial charge in [0.1, 0.15) is 0 Å². The van der Waals surface area contributed by atoms with Crippen LogP contribution in [0.3, 0.4) is 0 Å². The van der Waals surface area contributed by atoms with Crippen molar-refractivity contribution in [3.8, 4) is 0 Å². The maximum absolute atomic E-state index is 12.8. The summed E-state index contributed by atoms with van der Waals surface area (Å²) < 4.78 is 0. The van der Waals surface area contributed by atoms with Crippen LogP contribution in [0.15, 0.2) is 48.5 Å². The van der Waals surface area contributed by atoms with Crippen molar-refractivity contribution in [1.29, 1.82) is 0 Å². The summed E-state index contributed by atoms with van der Waals surface area (Å²) in [5, 5.41) is 8.78. The standard InChI is InChI=1S/C20H24N4O3/c1-22(2)13-15-6-8-16(9-7-15)14-23-10-11-24(20(23)26)18-5-3-4-17(12-18)19(25)21-27/h3-9,12,27H,10-11,13-14H2,1-2H3,(H,21,25). The lowest BCUT2D eigenvalue weighted by Gasteiger charge is -2.19. The van der Waals surface area contributed by atoms with Crippen molar-refractivity contribution in [2.45, 2.75) is 13.1 Å². The van der Waals surface area contributed by atoms with Crippen LogP contribution in [0.1, 0.15) is 21.5 Å². The average molecular weight is 368 g/mol. The number of carbonyl (C=O) groups is 2. The maximum Gasteiger partial charge on any atom is 0.324 e. The van der Waals surface area contributed by atoms with Crippen molar-refractivity contribution >= 4 is 17.6 Å². The quantitative estimate of drug-likeness (QED) is 0.606. The Balaban J connectivity index is 1.67. The fraction of sp³-hybridized carbons (Fsp3) is 0.300. The monoisotopic (exact) mass is 368 g/mol. The number of nitrogens with zero attached hydrogens (tertiary/aromatic N) is 3. The Bertz CT molecular complexity index is 820. The Kier molecular flexibility index (Phi) is 5.73. The molecule has 1 aliphatic heterocycles. The summed E-state index contributed by atoms with van der Waals surface area (Å²) >= 11 is 0. The van der Waals surface area contributed by atoms with E-state index in [1.54, 1.807) is 39.5 Å². The highest BCUT2D eigenvalue weighted by atomic mass is 16.5. The van der Waals surface area contributed by atoms with Crippen LogP contribution in [-0.4, -0.2) is 54.1 Å². The van der Waals surface area contributed by atoms with E-state index < -0.39 is 5.91 Å². The lowest BCUT2D eigenvalue weighted by molar-refractivity contribution is 0.0706. The number of hydrogen-bond donors (Lipinski definition) is 2. The predicted octanol–water partition coefficient (Wildman–Crippen LogP) is 2.31. The number of benzene rings is 2. The molecule has 27 heavy (non-hydrogen) atoms. The van der Waals surface area contributed by atoms with Gasteiger partial charge in [0.05, 0.1) is 0 Å². The van der Waals surface area contributed by atoms with Gasteiger partial charge in [0.25, 0.3) is 5.91 Å². The molecule has 7 nitrogen and oxygen atoms in total. The number of hydroxylamine groups is 1. The lowest BCUT2D eigenvalue weighted by atomic mass is 10.1. The van der Waals surface area contributed by atoms with Gasteiger partial charge < -0.3 is 9.80 Å². The fourth-order valence-electron chi connectivity index (χ4n) is 3.18. The Morgan fingerprint density at radius 3 is 2.48 bits per heavy atom. The van der Waals surface area contributed by atoms with Crippen LogP contribution in [0.4, 0.5) is 10.5 Å². The van der Waals surface area contributed by atoms with Gasteiger partial charge in [0.15, 0.2) is 0 Å². The van der Waals surface area contributed by atoms with E-state index in [1.807, 2.05) is 14.1 Å². The second-order valence-electron chi connectivity index (χ2n) is 6.90. The molecular weight excluding hydrogens is 344 g/mol. The Labute approximate surface area is 158 Å². The van der Waals surface area contributed by atoms with Gasteiger partial charge in [-0.2, -0.15) is 0 Å². The molecule has 0 spiro atoms. The van der Waals surface area contributed by atoms with E-state index in [0.29, 0.717) is 30.9 Å². The summed E-state index contributed by atoms with van der Waals surface area (Å²) in [7, 11) is 4.06. The second kappa shape index (κ2) is 8.20. The molecule has 7 heteroatoms. The Morgan fingerprint density at radius 2 is 1.81 bits per heavy atom. The van der Waals surface area contributed by atoms with Gasteiger partial charge in [-0.3, -0.25) is 14.9 Å². The van der Waals surface area contributed by atoms with Gasteiger partial charge >= 0.3 is 6.03 Å². The van der Waals surface area contributed by atoms with Crippen molar-refractivity contribution in [1.82, 2.24) is 15.3 Å². The van der Waals surface area contributed by atoms with Gasteiger partial charge in [-0.05, 0) is 43.4 Å². The van der Waals surface area contributed by atoms with Crippen LogP contribution in [0.5, 0.6) is 0 Å². The van der Waals surface area contributed by atoms with Crippen molar-refractivity contribution in [3.05, 3.63) is 65.2 Å². The number of rotatable bonds is 6. The van der Waals surface area contributed by atoms with Gasteiger partial charge in [-0.1, -0.05) is 30.3 Å². The smallest absolute Gasteiger partial charge is 0.318 e. The van der Waals surface area contributed by atoms with Crippen LogP contribution in [0.2, 0.25) is 0 Å². The average Bonchev–Trinajstić information content (AvgIpc) is 3.03. The minimum absolute atomic E-state index is 0.0890. The predicted molar refractivity (Wildman–Crippen MR) is 103 cm³/mol. The van der Waals surface area contributed by atoms with Gasteiger partial charge in [0.2, 0.25) is 0 Å². The van der Waals surface area contributed by atoms with Crippen molar-refractivity contribution < 1.29 is 14.8 Å².